The zero-order chi connectivity index (χ0) is 16.3. The number of halogens is 3. The number of carbonyl (C=O) groups is 1. The van der Waals surface area contributed by atoms with E-state index in [-0.39, 0.29) is 18.4 Å². The first-order valence-electron chi connectivity index (χ1n) is 7.29. The Bertz CT molecular complexity index is 345. The van der Waals surface area contributed by atoms with E-state index in [0.29, 0.717) is 25.7 Å². The molecule has 4 nitrogen and oxygen atoms in total. The van der Waals surface area contributed by atoms with Crippen molar-refractivity contribution in [3.63, 3.8) is 0 Å². The van der Waals surface area contributed by atoms with Crippen molar-refractivity contribution < 1.29 is 22.7 Å². The molecule has 0 aromatic rings. The van der Waals surface area contributed by atoms with E-state index in [1.165, 1.54) is 0 Å². The lowest BCUT2D eigenvalue weighted by molar-refractivity contribution is -0.151. The number of rotatable bonds is 3. The van der Waals surface area contributed by atoms with Gasteiger partial charge in [-0.15, -0.1) is 0 Å². The Morgan fingerprint density at radius 2 is 1.76 bits per heavy atom. The molecule has 1 rings (SSSR count). The number of hydrogen-bond donors (Lipinski definition) is 2. The first kappa shape index (κ1) is 18.1. The van der Waals surface area contributed by atoms with Crippen molar-refractivity contribution in [3.8, 4) is 0 Å². The van der Waals surface area contributed by atoms with Crippen LogP contribution in [0.4, 0.5) is 18.0 Å². The third-order valence-electron chi connectivity index (χ3n) is 3.58. The highest BCUT2D eigenvalue weighted by atomic mass is 19.4. The molecule has 1 saturated carbocycles. The fourth-order valence-corrected chi connectivity index (χ4v) is 2.51. The van der Waals surface area contributed by atoms with Crippen LogP contribution in [0.5, 0.6) is 0 Å². The molecule has 1 aliphatic carbocycles. The molecule has 21 heavy (non-hydrogen) atoms. The van der Waals surface area contributed by atoms with Gasteiger partial charge in [0.25, 0.3) is 0 Å². The number of ether oxygens (including phenoxy) is 1. The van der Waals surface area contributed by atoms with Crippen LogP contribution in [0.15, 0.2) is 0 Å². The Morgan fingerprint density at radius 1 is 1.24 bits per heavy atom. The summed E-state index contributed by atoms with van der Waals surface area (Å²) >= 11 is 0. The van der Waals surface area contributed by atoms with Crippen molar-refractivity contribution in [2.24, 2.45) is 11.7 Å². The molecule has 3 N–H and O–H groups in total. The average Bonchev–Trinajstić information content (AvgIpc) is 2.27. The summed E-state index contributed by atoms with van der Waals surface area (Å²) in [6, 6.07) is -1.78. The molecule has 124 valence electrons. The van der Waals surface area contributed by atoms with Crippen LogP contribution in [-0.4, -0.2) is 30.0 Å². The first-order chi connectivity index (χ1) is 9.47. The Balaban J connectivity index is 2.31. The van der Waals surface area contributed by atoms with Crippen molar-refractivity contribution in [2.45, 2.75) is 76.7 Å². The van der Waals surface area contributed by atoms with Crippen LogP contribution in [0.3, 0.4) is 0 Å². The lowest BCUT2D eigenvalue weighted by atomic mass is 9.82. The Hall–Kier alpha value is -0.980. The Labute approximate surface area is 123 Å². The van der Waals surface area contributed by atoms with Gasteiger partial charge in [-0.3, -0.25) is 0 Å². The second-order valence-electron chi connectivity index (χ2n) is 6.75. The van der Waals surface area contributed by atoms with E-state index in [2.05, 4.69) is 5.32 Å². The van der Waals surface area contributed by atoms with Crippen molar-refractivity contribution >= 4 is 6.09 Å². The first-order valence-corrected chi connectivity index (χ1v) is 7.29. The molecule has 1 unspecified atom stereocenters. The minimum atomic E-state index is -4.33. The highest BCUT2D eigenvalue weighted by Gasteiger charge is 2.38. The van der Waals surface area contributed by atoms with Gasteiger partial charge >= 0.3 is 12.3 Å². The summed E-state index contributed by atoms with van der Waals surface area (Å²) in [4.78, 5) is 11.6. The van der Waals surface area contributed by atoms with E-state index in [0.717, 1.165) is 0 Å². The van der Waals surface area contributed by atoms with Gasteiger partial charge in [0.1, 0.15) is 11.6 Å². The summed E-state index contributed by atoms with van der Waals surface area (Å²) in [5, 5.41) is 2.76. The zero-order valence-corrected chi connectivity index (χ0v) is 12.8. The smallest absolute Gasteiger partial charge is 0.407 e. The summed E-state index contributed by atoms with van der Waals surface area (Å²) in [5.41, 5.74) is 4.60. The lowest BCUT2D eigenvalue weighted by Gasteiger charge is -2.31. The van der Waals surface area contributed by atoms with E-state index in [1.807, 2.05) is 0 Å². The lowest BCUT2D eigenvalue weighted by Crippen LogP contribution is -2.43. The molecule has 0 spiro atoms. The van der Waals surface area contributed by atoms with E-state index >= 15 is 0 Å². The predicted molar refractivity (Wildman–Crippen MR) is 73.8 cm³/mol. The monoisotopic (exact) mass is 310 g/mol. The highest BCUT2D eigenvalue weighted by Crippen LogP contribution is 2.31. The Kier molecular flexibility index (Phi) is 5.90. The van der Waals surface area contributed by atoms with Crippen LogP contribution in [0.1, 0.15) is 52.9 Å². The minimum absolute atomic E-state index is 0.0293. The number of amides is 1. The maximum atomic E-state index is 12.4. The Morgan fingerprint density at radius 3 is 2.19 bits per heavy atom. The third-order valence-corrected chi connectivity index (χ3v) is 3.58. The van der Waals surface area contributed by atoms with Gasteiger partial charge in [-0.2, -0.15) is 13.2 Å². The molecular formula is C14H25F3N2O2. The molecule has 0 bridgehead atoms. The molecule has 0 radical (unpaired) electrons. The fourth-order valence-electron chi connectivity index (χ4n) is 2.51. The van der Waals surface area contributed by atoms with Crippen LogP contribution < -0.4 is 11.1 Å². The molecule has 7 heteroatoms. The van der Waals surface area contributed by atoms with Crippen molar-refractivity contribution in [1.82, 2.24) is 5.32 Å². The van der Waals surface area contributed by atoms with Gasteiger partial charge in [-0.1, -0.05) is 0 Å². The van der Waals surface area contributed by atoms with E-state index in [9.17, 15) is 18.0 Å². The van der Waals surface area contributed by atoms with E-state index in [4.69, 9.17) is 10.5 Å². The van der Waals surface area contributed by atoms with Crippen LogP contribution in [0, 0.1) is 5.92 Å². The van der Waals surface area contributed by atoms with Gasteiger partial charge in [-0.05, 0) is 58.8 Å². The van der Waals surface area contributed by atoms with Crippen LogP contribution in [-0.2, 0) is 4.74 Å². The number of nitrogens with two attached hydrogens (primary N) is 1. The SMILES string of the molecule is CC(C)(C)OC(=O)NC1CCC(CC(N)C(F)(F)F)CC1. The molecule has 1 atom stereocenters. The van der Waals surface area contributed by atoms with Gasteiger partial charge < -0.3 is 15.8 Å². The molecule has 1 amide bonds. The minimum Gasteiger partial charge on any atom is -0.444 e. The molecule has 1 aliphatic rings. The summed E-state index contributed by atoms with van der Waals surface area (Å²) < 4.78 is 42.4. The van der Waals surface area contributed by atoms with Gasteiger partial charge in [0.15, 0.2) is 0 Å². The number of nitrogens with one attached hydrogen (secondary N) is 1. The third kappa shape index (κ3) is 7.02. The predicted octanol–water partition coefficient (Wildman–Crippen LogP) is 3.35. The standard InChI is InChI=1S/C14H25F3N2O2/c1-13(2,3)21-12(20)19-10-6-4-9(5-7-10)8-11(18)14(15,16)17/h9-11H,4-8,18H2,1-3H3,(H,19,20). The number of carbonyl (C=O) groups excluding carboxylic acids is 1. The molecule has 0 heterocycles. The largest absolute Gasteiger partial charge is 0.444 e. The number of alkyl halides is 3. The van der Waals surface area contributed by atoms with Crippen molar-refractivity contribution in [3.05, 3.63) is 0 Å². The average molecular weight is 310 g/mol. The van der Waals surface area contributed by atoms with E-state index < -0.39 is 23.9 Å². The van der Waals surface area contributed by atoms with Crippen LogP contribution >= 0.6 is 0 Å². The maximum absolute atomic E-state index is 12.4. The summed E-state index contributed by atoms with van der Waals surface area (Å²) in [6.45, 7) is 5.34. The van der Waals surface area contributed by atoms with E-state index in [1.54, 1.807) is 20.8 Å². The van der Waals surface area contributed by atoms with Gasteiger partial charge in [0, 0.05) is 6.04 Å². The van der Waals surface area contributed by atoms with Crippen LogP contribution in [0.2, 0.25) is 0 Å². The molecule has 0 aliphatic heterocycles. The molecule has 0 aromatic carbocycles. The second-order valence-corrected chi connectivity index (χ2v) is 6.75. The van der Waals surface area contributed by atoms with Gasteiger partial charge in [0.05, 0.1) is 0 Å². The highest BCUT2D eigenvalue weighted by molar-refractivity contribution is 5.68. The summed E-state index contributed by atoms with van der Waals surface area (Å²) in [5.74, 6) is -0.0293. The van der Waals surface area contributed by atoms with Crippen molar-refractivity contribution in [1.29, 1.82) is 0 Å². The quantitative estimate of drug-likeness (QED) is 0.840. The second kappa shape index (κ2) is 6.85. The fraction of sp³-hybridized carbons (Fsp3) is 0.929. The molecule has 0 aromatic heterocycles. The number of hydrogen-bond acceptors (Lipinski definition) is 3. The topological polar surface area (TPSA) is 64.3 Å². The molecule has 0 saturated heterocycles. The molecular weight excluding hydrogens is 285 g/mol. The zero-order valence-electron chi connectivity index (χ0n) is 12.8. The normalized spacial score (nSPS) is 25.3. The number of alkyl carbamates (subject to hydrolysis) is 1. The van der Waals surface area contributed by atoms with Gasteiger partial charge in [0.2, 0.25) is 0 Å². The maximum Gasteiger partial charge on any atom is 0.407 e. The van der Waals surface area contributed by atoms with Gasteiger partial charge in [-0.25, -0.2) is 4.79 Å². The summed E-state index contributed by atoms with van der Waals surface area (Å²) in [7, 11) is 0. The van der Waals surface area contributed by atoms with Crippen LogP contribution in [0.25, 0.3) is 0 Å². The molecule has 1 fully saturated rings. The summed E-state index contributed by atoms with van der Waals surface area (Å²) in [6.07, 6.45) is -2.23. The van der Waals surface area contributed by atoms with Crippen molar-refractivity contribution in [2.75, 3.05) is 0 Å².